The SMILES string of the molecule is CC1(C)OC2CC3C4CCC5=CC(=O)C=C[C@]5(C)[C@@]4(F)[C@@H](O)C[C@]3(C)C2(C(=O)COC(=O)CC(=O)n2c(=O)[nH]cc(F)c2=O)O1. The van der Waals surface area contributed by atoms with Gasteiger partial charge in [-0.25, -0.2) is 9.18 Å². The van der Waals surface area contributed by atoms with Crippen LogP contribution in [0, 0.1) is 28.5 Å². The van der Waals surface area contributed by atoms with Gasteiger partial charge in [0.1, 0.15) is 6.42 Å². The highest BCUT2D eigenvalue weighted by atomic mass is 19.1. The van der Waals surface area contributed by atoms with Crippen LogP contribution in [0.2, 0.25) is 0 Å². The van der Waals surface area contributed by atoms with Crippen LogP contribution in [0.4, 0.5) is 8.78 Å². The molecule has 1 saturated heterocycles. The standard InChI is InChI=1S/C31H34F2N2O10/c1-27(2)44-22-10-18-17-6-5-15-9-16(36)7-8-28(15,3)30(17,33)20(37)12-29(18,4)31(22,45-27)21(38)14-43-24(40)11-23(39)35-25(41)19(32)13-34-26(35)42/h7-9,13,17-18,20,22,37H,5-6,10-12,14H2,1-4H3,(H,34,42)/t17?,18?,20-,22?,28-,29-,30-,31?/m0/s1. The number of carbonyl (C=O) groups excluding carboxylic acids is 4. The van der Waals surface area contributed by atoms with Crippen molar-refractivity contribution in [1.82, 2.24) is 9.55 Å². The number of aliphatic hydroxyl groups is 1. The van der Waals surface area contributed by atoms with Gasteiger partial charge in [-0.2, -0.15) is 8.96 Å². The third-order valence-electron chi connectivity index (χ3n) is 10.9. The molecule has 2 heterocycles. The van der Waals surface area contributed by atoms with E-state index in [1.165, 1.54) is 18.2 Å². The van der Waals surface area contributed by atoms with Crippen LogP contribution >= 0.6 is 0 Å². The number of H-pyrrole nitrogens is 1. The van der Waals surface area contributed by atoms with Crippen LogP contribution in [0.15, 0.2) is 39.6 Å². The van der Waals surface area contributed by atoms with Crippen LogP contribution in [-0.2, 0) is 28.6 Å². The van der Waals surface area contributed by atoms with Gasteiger partial charge in [-0.05, 0) is 64.5 Å². The van der Waals surface area contributed by atoms with Crippen molar-refractivity contribution in [2.24, 2.45) is 22.7 Å². The minimum atomic E-state index is -2.16. The largest absolute Gasteiger partial charge is 0.457 e. The number of esters is 1. The molecule has 0 bridgehead atoms. The fourth-order valence-corrected chi connectivity index (χ4v) is 8.99. The number of ether oxygens (including phenoxy) is 3. The van der Waals surface area contributed by atoms with Crippen LogP contribution in [0.25, 0.3) is 0 Å². The maximum atomic E-state index is 17.5. The summed E-state index contributed by atoms with van der Waals surface area (Å²) in [5, 5.41) is 11.6. The Morgan fingerprint density at radius 1 is 1.16 bits per heavy atom. The number of hydrogen-bond donors (Lipinski definition) is 2. The van der Waals surface area contributed by atoms with Gasteiger partial charge in [0.05, 0.1) is 12.2 Å². The van der Waals surface area contributed by atoms with E-state index in [2.05, 4.69) is 0 Å². The van der Waals surface area contributed by atoms with Gasteiger partial charge < -0.3 is 24.3 Å². The van der Waals surface area contributed by atoms with E-state index in [0.29, 0.717) is 24.6 Å². The van der Waals surface area contributed by atoms with Crippen molar-refractivity contribution >= 4 is 23.4 Å². The Morgan fingerprint density at radius 3 is 2.58 bits per heavy atom. The first-order chi connectivity index (χ1) is 20.9. The summed E-state index contributed by atoms with van der Waals surface area (Å²) in [5.41, 5.74) is -8.54. The smallest absolute Gasteiger partial charge is 0.335 e. The maximum Gasteiger partial charge on any atom is 0.335 e. The molecule has 2 N–H and O–H groups in total. The van der Waals surface area contributed by atoms with E-state index in [4.69, 9.17) is 14.2 Å². The topological polar surface area (TPSA) is 171 Å². The third kappa shape index (κ3) is 4.17. The first-order valence-corrected chi connectivity index (χ1v) is 14.8. The third-order valence-corrected chi connectivity index (χ3v) is 10.9. The lowest BCUT2D eigenvalue weighted by molar-refractivity contribution is -0.246. The molecule has 45 heavy (non-hydrogen) atoms. The van der Waals surface area contributed by atoms with Gasteiger partial charge in [0.15, 0.2) is 29.4 Å². The zero-order valence-corrected chi connectivity index (χ0v) is 25.2. The monoisotopic (exact) mass is 632 g/mol. The van der Waals surface area contributed by atoms with Crippen molar-refractivity contribution in [2.75, 3.05) is 6.61 Å². The van der Waals surface area contributed by atoms with E-state index < -0.39 is 99.7 Å². The summed E-state index contributed by atoms with van der Waals surface area (Å²) >= 11 is 0. The summed E-state index contributed by atoms with van der Waals surface area (Å²) < 4.78 is 48.7. The lowest BCUT2D eigenvalue weighted by Crippen LogP contribution is -2.70. The van der Waals surface area contributed by atoms with E-state index in [1.54, 1.807) is 27.7 Å². The van der Waals surface area contributed by atoms with Crippen LogP contribution in [-0.4, -0.2) is 74.0 Å². The Balaban J connectivity index is 1.28. The van der Waals surface area contributed by atoms with Crippen molar-refractivity contribution in [2.45, 2.75) is 89.1 Å². The quantitative estimate of drug-likeness (QED) is 0.360. The first-order valence-electron chi connectivity index (χ1n) is 14.8. The number of aliphatic hydroxyl groups excluding tert-OH is 1. The molecule has 0 amide bonds. The van der Waals surface area contributed by atoms with Gasteiger partial charge >= 0.3 is 11.7 Å². The number of nitrogens with zero attached hydrogens (tertiary/aromatic N) is 1. The zero-order chi connectivity index (χ0) is 32.9. The van der Waals surface area contributed by atoms with Gasteiger partial charge in [-0.3, -0.25) is 24.0 Å². The Kier molecular flexibility index (Phi) is 6.93. The predicted molar refractivity (Wildman–Crippen MR) is 149 cm³/mol. The fourth-order valence-electron chi connectivity index (χ4n) is 8.99. The number of rotatable bonds is 5. The van der Waals surface area contributed by atoms with Crippen LogP contribution in [0.3, 0.4) is 0 Å². The van der Waals surface area contributed by atoms with E-state index in [9.17, 15) is 38.3 Å². The number of fused-ring (bicyclic) bond motifs is 7. The zero-order valence-electron chi connectivity index (χ0n) is 25.2. The molecule has 8 atom stereocenters. The summed E-state index contributed by atoms with van der Waals surface area (Å²) in [6, 6.07) is 0. The molecule has 3 saturated carbocycles. The lowest BCUT2D eigenvalue weighted by Gasteiger charge is -2.62. The summed E-state index contributed by atoms with van der Waals surface area (Å²) in [5.74, 6) is -7.52. The highest BCUT2D eigenvalue weighted by Crippen LogP contribution is 2.72. The summed E-state index contributed by atoms with van der Waals surface area (Å²) in [4.78, 5) is 76.9. The molecule has 5 aliphatic rings. The number of ketones is 2. The van der Waals surface area contributed by atoms with Crippen LogP contribution in [0.5, 0.6) is 0 Å². The molecule has 6 rings (SSSR count). The predicted octanol–water partition coefficient (Wildman–Crippen LogP) is 1.69. The number of allylic oxidation sites excluding steroid dienone is 4. The van der Waals surface area contributed by atoms with Crippen LogP contribution in [0.1, 0.15) is 64.6 Å². The average Bonchev–Trinajstić information content (AvgIpc) is 3.36. The first kappa shape index (κ1) is 31.4. The minimum Gasteiger partial charge on any atom is -0.457 e. The van der Waals surface area contributed by atoms with Gasteiger partial charge in [0.2, 0.25) is 17.5 Å². The molecule has 12 nitrogen and oxygen atoms in total. The van der Waals surface area contributed by atoms with Crippen LogP contribution < -0.4 is 11.2 Å². The highest BCUT2D eigenvalue weighted by molar-refractivity contribution is 6.01. The van der Waals surface area contributed by atoms with Gasteiger partial charge in [-0.1, -0.05) is 18.6 Å². The number of nitrogens with one attached hydrogen (secondary N) is 1. The Hall–Kier alpha value is -3.62. The minimum absolute atomic E-state index is 0.0819. The molecular weight excluding hydrogens is 598 g/mol. The van der Waals surface area contributed by atoms with E-state index in [-0.39, 0.29) is 23.2 Å². The summed E-state index contributed by atoms with van der Waals surface area (Å²) in [6.45, 7) is 5.75. The molecule has 4 fully saturated rings. The molecule has 4 unspecified atom stereocenters. The molecule has 0 spiro atoms. The molecule has 14 heteroatoms. The van der Waals surface area contributed by atoms with Gasteiger partial charge in [-0.15, -0.1) is 0 Å². The number of halogens is 2. The second kappa shape index (κ2) is 9.94. The molecule has 1 aromatic rings. The second-order valence-electron chi connectivity index (χ2n) is 13.6. The van der Waals surface area contributed by atoms with Crippen molar-refractivity contribution in [1.29, 1.82) is 0 Å². The fraction of sp³-hybridized carbons (Fsp3) is 0.613. The number of aromatic nitrogens is 2. The molecule has 0 aromatic carbocycles. The van der Waals surface area contributed by atoms with Crippen molar-refractivity contribution < 1.29 is 47.3 Å². The van der Waals surface area contributed by atoms with Crippen molar-refractivity contribution in [3.63, 3.8) is 0 Å². The molecule has 242 valence electrons. The Labute approximate surface area is 255 Å². The second-order valence-corrected chi connectivity index (χ2v) is 13.6. The highest BCUT2D eigenvalue weighted by Gasteiger charge is 2.80. The number of alkyl halides is 1. The molecule has 1 aliphatic heterocycles. The normalized spacial score (nSPS) is 39.3. The Morgan fingerprint density at radius 2 is 1.87 bits per heavy atom. The van der Waals surface area contributed by atoms with Gasteiger partial charge in [0, 0.05) is 22.9 Å². The molecule has 0 radical (unpaired) electrons. The lowest BCUT2D eigenvalue weighted by atomic mass is 9.44. The number of carbonyl (C=O) groups is 4. The molecular formula is C31H34F2N2O10. The van der Waals surface area contributed by atoms with Crippen molar-refractivity contribution in [3.05, 3.63) is 56.7 Å². The Bertz CT molecular complexity index is 1710. The van der Waals surface area contributed by atoms with Crippen molar-refractivity contribution in [3.8, 4) is 0 Å². The number of hydrogen-bond acceptors (Lipinski definition) is 10. The molecule has 1 aromatic heterocycles. The average molecular weight is 633 g/mol. The summed E-state index contributed by atoms with van der Waals surface area (Å²) in [7, 11) is 0. The summed E-state index contributed by atoms with van der Waals surface area (Å²) in [6.07, 6.45) is 1.91. The van der Waals surface area contributed by atoms with E-state index in [0.717, 1.165) is 0 Å². The van der Waals surface area contributed by atoms with E-state index in [1.807, 2.05) is 4.98 Å². The van der Waals surface area contributed by atoms with E-state index >= 15 is 4.39 Å². The number of Topliss-reactive ketones (excluding diaryl/α,β-unsaturated/α-hetero) is 1. The maximum absolute atomic E-state index is 17.5. The van der Waals surface area contributed by atoms with Gasteiger partial charge in [0.25, 0.3) is 5.56 Å². The number of aromatic amines is 1. The molecule has 4 aliphatic carbocycles.